The predicted molar refractivity (Wildman–Crippen MR) is 82.4 cm³/mol. The van der Waals surface area contributed by atoms with E-state index in [1.54, 1.807) is 21.3 Å². The fourth-order valence-electron chi connectivity index (χ4n) is 3.44. The number of halogens is 1. The molecule has 1 aliphatic carbocycles. The maximum Gasteiger partial charge on any atom is 0.194 e. The summed E-state index contributed by atoms with van der Waals surface area (Å²) in [6.07, 6.45) is 6.31. The molecule has 0 unspecified atom stereocenters. The van der Waals surface area contributed by atoms with Gasteiger partial charge in [0.25, 0.3) is 0 Å². The Bertz CT molecular complexity index is 358. The molecule has 1 aliphatic heterocycles. The monoisotopic (exact) mass is 318 g/mol. The van der Waals surface area contributed by atoms with Crippen molar-refractivity contribution in [2.75, 3.05) is 27.9 Å². The zero-order valence-electron chi connectivity index (χ0n) is 13.3. The minimum absolute atomic E-state index is 0.0562. The third-order valence-corrected chi connectivity index (χ3v) is 4.97. The van der Waals surface area contributed by atoms with Crippen LogP contribution in [0.15, 0.2) is 10.6 Å². The van der Waals surface area contributed by atoms with Gasteiger partial charge in [0.2, 0.25) is 0 Å². The first kappa shape index (κ1) is 17.2. The fourth-order valence-corrected chi connectivity index (χ4v) is 3.82. The van der Waals surface area contributed by atoms with Crippen LogP contribution in [0.25, 0.3) is 0 Å². The van der Waals surface area contributed by atoms with Crippen LogP contribution in [-0.2, 0) is 18.9 Å². The van der Waals surface area contributed by atoms with Crippen LogP contribution in [-0.4, -0.2) is 46.4 Å². The molecule has 2 bridgehead atoms. The minimum Gasteiger partial charge on any atom is -0.384 e. The summed E-state index contributed by atoms with van der Waals surface area (Å²) in [4.78, 5) is 0. The van der Waals surface area contributed by atoms with E-state index in [0.29, 0.717) is 11.6 Å². The van der Waals surface area contributed by atoms with Crippen LogP contribution in [0.4, 0.5) is 0 Å². The lowest BCUT2D eigenvalue weighted by molar-refractivity contribution is -0.191. The van der Waals surface area contributed by atoms with Crippen molar-refractivity contribution >= 4 is 11.6 Å². The third kappa shape index (κ3) is 3.99. The molecule has 4 atom stereocenters. The van der Waals surface area contributed by atoms with Crippen molar-refractivity contribution in [2.24, 2.45) is 5.92 Å². The van der Waals surface area contributed by atoms with Gasteiger partial charge in [-0.25, -0.2) is 0 Å². The van der Waals surface area contributed by atoms with Gasteiger partial charge in [-0.05, 0) is 24.8 Å². The van der Waals surface area contributed by atoms with E-state index in [1.807, 2.05) is 0 Å². The maximum absolute atomic E-state index is 6.52. The Kier molecular flexibility index (Phi) is 6.96. The molecule has 122 valence electrons. The normalized spacial score (nSPS) is 34.9. The molecule has 2 aliphatic rings. The molecule has 4 nitrogen and oxygen atoms in total. The Morgan fingerprint density at radius 3 is 2.52 bits per heavy atom. The second-order valence-corrected chi connectivity index (χ2v) is 6.24. The van der Waals surface area contributed by atoms with Crippen molar-refractivity contribution < 1.29 is 18.9 Å². The SMILES string of the molecule is COC[C@@H]1C2=C(Cl)[C@@H](OC)O[C@H]1[C@H](OC)CCCCCC2. The van der Waals surface area contributed by atoms with E-state index >= 15 is 0 Å². The van der Waals surface area contributed by atoms with Crippen molar-refractivity contribution in [3.8, 4) is 0 Å². The van der Waals surface area contributed by atoms with Gasteiger partial charge in [0.1, 0.15) is 0 Å². The van der Waals surface area contributed by atoms with Crippen molar-refractivity contribution in [3.63, 3.8) is 0 Å². The minimum atomic E-state index is -0.475. The van der Waals surface area contributed by atoms with Gasteiger partial charge in [-0.15, -0.1) is 0 Å². The Morgan fingerprint density at radius 1 is 1.10 bits per heavy atom. The van der Waals surface area contributed by atoms with Crippen LogP contribution in [0, 0.1) is 5.92 Å². The number of methoxy groups -OCH3 is 3. The largest absolute Gasteiger partial charge is 0.384 e. The number of hydrogen-bond donors (Lipinski definition) is 0. The molecular weight excluding hydrogens is 292 g/mol. The standard InChI is InChI=1S/C16H27ClO4/c1-18-10-12-11-8-6-4-5-7-9-13(19-2)15(12)21-16(20-3)14(11)17/h12-13,15-16H,4-10H2,1-3H3/t12-,13-,15-,16+/m1/s1. The molecule has 0 spiro atoms. The van der Waals surface area contributed by atoms with Crippen molar-refractivity contribution in [3.05, 3.63) is 10.6 Å². The molecule has 5 heteroatoms. The Hall–Kier alpha value is -0.130. The van der Waals surface area contributed by atoms with Gasteiger partial charge < -0.3 is 18.9 Å². The van der Waals surface area contributed by atoms with Crippen molar-refractivity contribution in [1.82, 2.24) is 0 Å². The Balaban J connectivity index is 2.34. The Morgan fingerprint density at radius 2 is 1.86 bits per heavy atom. The summed E-state index contributed by atoms with van der Waals surface area (Å²) < 4.78 is 22.7. The van der Waals surface area contributed by atoms with E-state index < -0.39 is 6.29 Å². The Labute approximate surface area is 132 Å². The van der Waals surface area contributed by atoms with Gasteiger partial charge in [-0.2, -0.15) is 0 Å². The van der Waals surface area contributed by atoms with Crippen LogP contribution < -0.4 is 0 Å². The van der Waals surface area contributed by atoms with Crippen LogP contribution in [0.1, 0.15) is 38.5 Å². The zero-order chi connectivity index (χ0) is 15.2. The molecule has 1 heterocycles. The molecule has 1 saturated carbocycles. The van der Waals surface area contributed by atoms with Crippen molar-refractivity contribution in [2.45, 2.75) is 57.0 Å². The van der Waals surface area contributed by atoms with Crippen LogP contribution in [0.2, 0.25) is 0 Å². The summed E-state index contributed by atoms with van der Waals surface area (Å²) in [7, 11) is 5.11. The van der Waals surface area contributed by atoms with E-state index in [0.717, 1.165) is 19.3 Å². The molecule has 0 radical (unpaired) electrons. The average molecular weight is 319 g/mol. The smallest absolute Gasteiger partial charge is 0.194 e. The van der Waals surface area contributed by atoms with Crippen LogP contribution in [0.3, 0.4) is 0 Å². The molecule has 0 saturated heterocycles. The highest BCUT2D eigenvalue weighted by molar-refractivity contribution is 6.30. The third-order valence-electron chi connectivity index (χ3n) is 4.55. The first-order valence-electron chi connectivity index (χ1n) is 7.81. The first-order chi connectivity index (χ1) is 10.2. The van der Waals surface area contributed by atoms with Gasteiger partial charge in [-0.3, -0.25) is 0 Å². The second-order valence-electron chi connectivity index (χ2n) is 5.83. The molecule has 21 heavy (non-hydrogen) atoms. The predicted octanol–water partition coefficient (Wildman–Crippen LogP) is 3.48. The first-order valence-corrected chi connectivity index (χ1v) is 8.19. The number of ether oxygens (including phenoxy) is 4. The van der Waals surface area contributed by atoms with Gasteiger partial charge >= 0.3 is 0 Å². The highest BCUT2D eigenvalue weighted by Crippen LogP contribution is 2.39. The van der Waals surface area contributed by atoms with Gasteiger partial charge in [-0.1, -0.05) is 30.9 Å². The van der Waals surface area contributed by atoms with Crippen molar-refractivity contribution in [1.29, 1.82) is 0 Å². The number of hydrogen-bond acceptors (Lipinski definition) is 4. The summed E-state index contributed by atoms with van der Waals surface area (Å²) in [5, 5.41) is 0.700. The van der Waals surface area contributed by atoms with Crippen LogP contribution >= 0.6 is 11.6 Å². The molecule has 0 amide bonds. The van der Waals surface area contributed by atoms with E-state index in [-0.39, 0.29) is 18.1 Å². The average Bonchev–Trinajstić information content (AvgIpc) is 2.50. The summed E-state index contributed by atoms with van der Waals surface area (Å²) in [6.45, 7) is 0.604. The summed E-state index contributed by atoms with van der Waals surface area (Å²) in [5.41, 5.74) is 1.23. The summed E-state index contributed by atoms with van der Waals surface area (Å²) in [5.74, 6) is 0.150. The highest BCUT2D eigenvalue weighted by atomic mass is 35.5. The van der Waals surface area contributed by atoms with E-state index in [4.69, 9.17) is 30.5 Å². The maximum atomic E-state index is 6.52. The summed E-state index contributed by atoms with van der Waals surface area (Å²) in [6, 6.07) is 0. The highest BCUT2D eigenvalue weighted by Gasteiger charge is 2.41. The quantitative estimate of drug-likeness (QED) is 0.795. The fraction of sp³-hybridized carbons (Fsp3) is 0.875. The number of rotatable bonds is 4. The molecule has 0 aromatic heterocycles. The molecule has 0 aromatic rings. The lowest BCUT2D eigenvalue weighted by atomic mass is 9.82. The van der Waals surface area contributed by atoms with Gasteiger partial charge in [0.05, 0.1) is 23.8 Å². The molecule has 2 rings (SSSR count). The molecule has 0 aromatic carbocycles. The topological polar surface area (TPSA) is 36.9 Å². The lowest BCUT2D eigenvalue weighted by Gasteiger charge is -2.41. The lowest BCUT2D eigenvalue weighted by Crippen LogP contribution is -2.47. The van der Waals surface area contributed by atoms with Crippen LogP contribution in [0.5, 0.6) is 0 Å². The van der Waals surface area contributed by atoms with Gasteiger partial charge in [0.15, 0.2) is 6.29 Å². The van der Waals surface area contributed by atoms with E-state index in [1.165, 1.54) is 24.8 Å². The molecule has 1 fully saturated rings. The second kappa shape index (κ2) is 8.49. The number of fused-ring (bicyclic) bond motifs is 2. The molecular formula is C16H27ClO4. The molecule has 0 N–H and O–H groups in total. The zero-order valence-corrected chi connectivity index (χ0v) is 14.0. The van der Waals surface area contributed by atoms with Gasteiger partial charge in [0, 0.05) is 27.2 Å². The van der Waals surface area contributed by atoms with E-state index in [9.17, 15) is 0 Å². The summed E-state index contributed by atoms with van der Waals surface area (Å²) >= 11 is 6.52. The van der Waals surface area contributed by atoms with E-state index in [2.05, 4.69) is 0 Å².